The number of hydrogen-bond acceptors (Lipinski definition) is 7. The van der Waals surface area contributed by atoms with Crippen molar-refractivity contribution in [3.8, 4) is 11.9 Å². The van der Waals surface area contributed by atoms with E-state index in [4.69, 9.17) is 24.7 Å². The molecule has 0 aliphatic carbocycles. The molecule has 2 N–H and O–H groups in total. The lowest BCUT2D eigenvalue weighted by atomic mass is 10.5. The molecule has 0 amide bonds. The van der Waals surface area contributed by atoms with Crippen LogP contribution in [0.3, 0.4) is 0 Å². The number of anilines is 1. The lowest BCUT2D eigenvalue weighted by Gasteiger charge is -2.07. The van der Waals surface area contributed by atoms with Gasteiger partial charge in [0.15, 0.2) is 0 Å². The standard InChI is InChI=1S/C10H17N3O4/c1-14-3-4-16-5-6-17-9-7-8(11)12-10(13-9)15-2/h7H,3-6H2,1-2H3,(H2,11,12,13). The van der Waals surface area contributed by atoms with Crippen LogP contribution in [0.15, 0.2) is 6.07 Å². The molecule has 17 heavy (non-hydrogen) atoms. The summed E-state index contributed by atoms with van der Waals surface area (Å²) < 4.78 is 20.3. The maximum absolute atomic E-state index is 5.55. The summed E-state index contributed by atoms with van der Waals surface area (Å²) in [5.74, 6) is 0.664. The fraction of sp³-hybridized carbons (Fsp3) is 0.600. The number of nitrogens with two attached hydrogens (primary N) is 1. The molecule has 1 rings (SSSR count). The Morgan fingerprint density at radius 3 is 2.59 bits per heavy atom. The van der Waals surface area contributed by atoms with Gasteiger partial charge in [-0.05, 0) is 0 Å². The van der Waals surface area contributed by atoms with Gasteiger partial charge in [0.1, 0.15) is 12.4 Å². The Labute approximate surface area is 99.9 Å². The van der Waals surface area contributed by atoms with E-state index in [1.807, 2.05) is 0 Å². The molecule has 0 unspecified atom stereocenters. The summed E-state index contributed by atoms with van der Waals surface area (Å²) in [4.78, 5) is 7.81. The van der Waals surface area contributed by atoms with E-state index in [1.165, 1.54) is 13.2 Å². The van der Waals surface area contributed by atoms with E-state index in [1.54, 1.807) is 7.11 Å². The van der Waals surface area contributed by atoms with E-state index in [2.05, 4.69) is 9.97 Å². The Balaban J connectivity index is 2.28. The van der Waals surface area contributed by atoms with Gasteiger partial charge in [-0.15, -0.1) is 0 Å². The zero-order valence-corrected chi connectivity index (χ0v) is 10.0. The van der Waals surface area contributed by atoms with Gasteiger partial charge in [-0.1, -0.05) is 0 Å². The zero-order valence-electron chi connectivity index (χ0n) is 10.0. The van der Waals surface area contributed by atoms with Crippen LogP contribution in [-0.2, 0) is 9.47 Å². The van der Waals surface area contributed by atoms with E-state index in [9.17, 15) is 0 Å². The van der Waals surface area contributed by atoms with E-state index < -0.39 is 0 Å². The number of hydrogen-bond donors (Lipinski definition) is 1. The van der Waals surface area contributed by atoms with Gasteiger partial charge in [-0.2, -0.15) is 9.97 Å². The van der Waals surface area contributed by atoms with Crippen molar-refractivity contribution < 1.29 is 18.9 Å². The molecule has 0 fully saturated rings. The van der Waals surface area contributed by atoms with E-state index in [0.717, 1.165) is 0 Å². The number of rotatable bonds is 8. The number of ether oxygens (including phenoxy) is 4. The highest BCUT2D eigenvalue weighted by Crippen LogP contribution is 2.14. The summed E-state index contributed by atoms with van der Waals surface area (Å²) in [6, 6.07) is 1.71. The Hall–Kier alpha value is -1.60. The van der Waals surface area contributed by atoms with Gasteiger partial charge in [0.25, 0.3) is 0 Å². The number of nitrogen functional groups attached to an aromatic ring is 1. The molecule has 1 aromatic rings. The van der Waals surface area contributed by atoms with Crippen LogP contribution < -0.4 is 15.2 Å². The average Bonchev–Trinajstić information content (AvgIpc) is 2.33. The first-order valence-corrected chi connectivity index (χ1v) is 5.14. The van der Waals surface area contributed by atoms with Crippen molar-refractivity contribution >= 4 is 5.82 Å². The molecular formula is C10H17N3O4. The minimum atomic E-state index is 0.181. The molecule has 7 heteroatoms. The summed E-state index contributed by atoms with van der Waals surface area (Å²) in [6.45, 7) is 1.93. The Bertz CT molecular complexity index is 335. The fourth-order valence-corrected chi connectivity index (χ4v) is 1.04. The Kier molecular flexibility index (Phi) is 6.05. The first-order chi connectivity index (χ1) is 8.26. The van der Waals surface area contributed by atoms with Crippen molar-refractivity contribution in [3.05, 3.63) is 6.07 Å². The van der Waals surface area contributed by atoms with Crippen molar-refractivity contribution in [3.63, 3.8) is 0 Å². The van der Waals surface area contributed by atoms with Crippen LogP contribution in [0.25, 0.3) is 0 Å². The first-order valence-electron chi connectivity index (χ1n) is 5.14. The van der Waals surface area contributed by atoms with Crippen molar-refractivity contribution in [1.82, 2.24) is 9.97 Å². The van der Waals surface area contributed by atoms with Crippen LogP contribution in [0.5, 0.6) is 11.9 Å². The predicted molar refractivity (Wildman–Crippen MR) is 61.2 cm³/mol. The van der Waals surface area contributed by atoms with Gasteiger partial charge in [-0.3, -0.25) is 0 Å². The van der Waals surface area contributed by atoms with Crippen LogP contribution in [0.1, 0.15) is 0 Å². The summed E-state index contributed by atoms with van der Waals surface area (Å²) >= 11 is 0. The van der Waals surface area contributed by atoms with Gasteiger partial charge in [0.05, 0.1) is 26.9 Å². The Morgan fingerprint density at radius 2 is 1.88 bits per heavy atom. The van der Waals surface area contributed by atoms with Crippen molar-refractivity contribution in [2.75, 3.05) is 46.4 Å². The van der Waals surface area contributed by atoms with Crippen molar-refractivity contribution in [2.45, 2.75) is 0 Å². The van der Waals surface area contributed by atoms with Crippen LogP contribution in [-0.4, -0.2) is 50.6 Å². The van der Waals surface area contributed by atoms with E-state index in [0.29, 0.717) is 38.1 Å². The third-order valence-corrected chi connectivity index (χ3v) is 1.79. The highest BCUT2D eigenvalue weighted by molar-refractivity contribution is 5.34. The molecule has 96 valence electrons. The topological polar surface area (TPSA) is 88.7 Å². The number of nitrogens with zero attached hydrogens (tertiary/aromatic N) is 2. The molecule has 0 saturated carbocycles. The van der Waals surface area contributed by atoms with Crippen molar-refractivity contribution in [2.24, 2.45) is 0 Å². The fourth-order valence-electron chi connectivity index (χ4n) is 1.04. The van der Waals surface area contributed by atoms with Crippen molar-refractivity contribution in [1.29, 1.82) is 0 Å². The second-order valence-electron chi connectivity index (χ2n) is 3.07. The maximum Gasteiger partial charge on any atom is 0.321 e. The van der Waals surface area contributed by atoms with Crippen LogP contribution >= 0.6 is 0 Å². The van der Waals surface area contributed by atoms with Gasteiger partial charge >= 0.3 is 6.01 Å². The predicted octanol–water partition coefficient (Wildman–Crippen LogP) is 0.109. The normalized spacial score (nSPS) is 10.2. The van der Waals surface area contributed by atoms with Gasteiger partial charge in [-0.25, -0.2) is 0 Å². The van der Waals surface area contributed by atoms with Gasteiger partial charge in [0.2, 0.25) is 5.88 Å². The van der Waals surface area contributed by atoms with E-state index in [-0.39, 0.29) is 6.01 Å². The lowest BCUT2D eigenvalue weighted by molar-refractivity contribution is 0.0535. The number of methoxy groups -OCH3 is 2. The van der Waals surface area contributed by atoms with E-state index >= 15 is 0 Å². The lowest BCUT2D eigenvalue weighted by Crippen LogP contribution is -2.11. The van der Waals surface area contributed by atoms with Crippen LogP contribution in [0, 0.1) is 0 Å². The smallest absolute Gasteiger partial charge is 0.321 e. The van der Waals surface area contributed by atoms with Gasteiger partial charge < -0.3 is 24.7 Å². The molecule has 0 atom stereocenters. The second kappa shape index (κ2) is 7.64. The summed E-state index contributed by atoms with van der Waals surface area (Å²) in [5, 5.41) is 0. The summed E-state index contributed by atoms with van der Waals surface area (Å²) in [7, 11) is 3.09. The Morgan fingerprint density at radius 1 is 1.12 bits per heavy atom. The minimum Gasteiger partial charge on any atom is -0.475 e. The molecule has 0 aliphatic rings. The molecule has 0 aliphatic heterocycles. The monoisotopic (exact) mass is 243 g/mol. The zero-order chi connectivity index (χ0) is 12.5. The highest BCUT2D eigenvalue weighted by Gasteiger charge is 2.03. The maximum atomic E-state index is 5.55. The quantitative estimate of drug-likeness (QED) is 0.648. The molecule has 7 nitrogen and oxygen atoms in total. The van der Waals surface area contributed by atoms with Crippen LogP contribution in [0.4, 0.5) is 5.82 Å². The highest BCUT2D eigenvalue weighted by atomic mass is 16.5. The number of aromatic nitrogens is 2. The third kappa shape index (κ3) is 5.32. The largest absolute Gasteiger partial charge is 0.475 e. The first kappa shape index (κ1) is 13.5. The SMILES string of the molecule is COCCOCCOc1cc(N)nc(OC)n1. The van der Waals surface area contributed by atoms with Gasteiger partial charge in [0, 0.05) is 13.2 Å². The molecule has 1 heterocycles. The summed E-state index contributed by atoms with van der Waals surface area (Å²) in [6.07, 6.45) is 0. The molecule has 0 aromatic carbocycles. The molecule has 1 aromatic heterocycles. The molecule has 0 bridgehead atoms. The average molecular weight is 243 g/mol. The van der Waals surface area contributed by atoms with Crippen LogP contribution in [0.2, 0.25) is 0 Å². The molecule has 0 radical (unpaired) electrons. The summed E-state index contributed by atoms with van der Waals surface area (Å²) in [5.41, 5.74) is 5.55. The molecular weight excluding hydrogens is 226 g/mol. The third-order valence-electron chi connectivity index (χ3n) is 1.79. The molecule has 0 spiro atoms. The molecule has 0 saturated heterocycles. The second-order valence-corrected chi connectivity index (χ2v) is 3.07. The minimum absolute atomic E-state index is 0.181.